The Morgan fingerprint density at radius 3 is 2.67 bits per heavy atom. The van der Waals surface area contributed by atoms with Gasteiger partial charge < -0.3 is 0 Å². The van der Waals surface area contributed by atoms with E-state index in [1.807, 2.05) is 0 Å². The molecule has 1 aliphatic rings. The smallest absolute Gasteiger partial charge is 0.0207 e. The van der Waals surface area contributed by atoms with Gasteiger partial charge in [0, 0.05) is 0 Å². The molecule has 0 saturated carbocycles. The highest BCUT2D eigenvalue weighted by Crippen LogP contribution is 2.26. The van der Waals surface area contributed by atoms with Crippen molar-refractivity contribution in [2.45, 2.75) is 52.9 Å². The summed E-state index contributed by atoms with van der Waals surface area (Å²) in [5, 5.41) is 0. The Hall–Kier alpha value is -0.520. The van der Waals surface area contributed by atoms with Crippen LogP contribution < -0.4 is 0 Å². The lowest BCUT2D eigenvalue weighted by Crippen LogP contribution is -2.09. The lowest BCUT2D eigenvalue weighted by Gasteiger charge is -2.21. The second kappa shape index (κ2) is 6.15. The highest BCUT2D eigenvalue weighted by Gasteiger charge is 2.13. The predicted octanol–water partition coefficient (Wildman–Crippen LogP) is 4.97. The largest absolute Gasteiger partial charge is 0.0958 e. The second-order valence-corrected chi connectivity index (χ2v) is 5.50. The van der Waals surface area contributed by atoms with Crippen LogP contribution in [0.3, 0.4) is 0 Å². The number of rotatable bonds is 1. The van der Waals surface area contributed by atoms with E-state index in [4.69, 9.17) is 0 Å². The van der Waals surface area contributed by atoms with Gasteiger partial charge in [0.25, 0.3) is 0 Å². The van der Waals surface area contributed by atoms with E-state index >= 15 is 0 Å². The highest BCUT2D eigenvalue weighted by atomic mass is 14.2. The summed E-state index contributed by atoms with van der Waals surface area (Å²) in [5.41, 5.74) is 1.31. The number of allylic oxidation sites excluding steroid dienone is 3. The summed E-state index contributed by atoms with van der Waals surface area (Å²) in [6.07, 6.45) is 11.3. The van der Waals surface area contributed by atoms with Gasteiger partial charge in [0.05, 0.1) is 0 Å². The van der Waals surface area contributed by atoms with Crippen molar-refractivity contribution >= 4 is 0 Å². The Morgan fingerprint density at radius 2 is 2.00 bits per heavy atom. The van der Waals surface area contributed by atoms with E-state index in [1.165, 1.54) is 37.7 Å². The molecular weight excluding hydrogens is 180 g/mol. The fraction of sp³-hybridized carbons (Fsp3) is 0.733. The van der Waals surface area contributed by atoms with Crippen LogP contribution in [-0.2, 0) is 0 Å². The van der Waals surface area contributed by atoms with Crippen molar-refractivity contribution in [1.29, 1.82) is 0 Å². The molecule has 0 N–H and O–H groups in total. The molecule has 2 atom stereocenters. The first-order valence-corrected chi connectivity index (χ1v) is 6.45. The minimum atomic E-state index is 0.752. The first-order valence-electron chi connectivity index (χ1n) is 6.45. The molecule has 0 radical (unpaired) electrons. The zero-order valence-electron chi connectivity index (χ0n) is 10.6. The first kappa shape index (κ1) is 12.5. The Balaban J connectivity index is 2.63. The van der Waals surface area contributed by atoms with Crippen molar-refractivity contribution in [3.05, 3.63) is 24.3 Å². The zero-order valence-corrected chi connectivity index (χ0v) is 10.6. The lowest BCUT2D eigenvalue weighted by molar-refractivity contribution is 0.367. The third-order valence-electron chi connectivity index (χ3n) is 3.62. The average molecular weight is 206 g/mol. The van der Waals surface area contributed by atoms with E-state index in [1.54, 1.807) is 0 Å². The van der Waals surface area contributed by atoms with E-state index in [0.29, 0.717) is 0 Å². The Labute approximate surface area is 95.5 Å². The number of hydrogen-bond acceptors (Lipinski definition) is 0. The molecule has 86 valence electrons. The fourth-order valence-electron chi connectivity index (χ4n) is 2.29. The molecule has 0 amide bonds. The van der Waals surface area contributed by atoms with E-state index in [2.05, 4.69) is 39.5 Å². The van der Waals surface area contributed by atoms with Crippen molar-refractivity contribution in [2.24, 2.45) is 17.8 Å². The maximum absolute atomic E-state index is 4.12. The molecule has 0 heteroatoms. The summed E-state index contributed by atoms with van der Waals surface area (Å²) in [5.74, 6) is 2.41. The molecule has 0 spiro atoms. The normalized spacial score (nSPS) is 31.6. The molecule has 0 saturated heterocycles. The minimum absolute atomic E-state index is 0.752. The summed E-state index contributed by atoms with van der Waals surface area (Å²) in [6, 6.07) is 0. The monoisotopic (exact) mass is 206 g/mol. The summed E-state index contributed by atoms with van der Waals surface area (Å²) < 4.78 is 0. The summed E-state index contributed by atoms with van der Waals surface area (Å²) in [4.78, 5) is 0. The van der Waals surface area contributed by atoms with Crippen LogP contribution in [0.5, 0.6) is 0 Å². The zero-order chi connectivity index (χ0) is 11.3. The van der Waals surface area contributed by atoms with Crippen LogP contribution in [0.25, 0.3) is 0 Å². The maximum Gasteiger partial charge on any atom is -0.0207 e. The van der Waals surface area contributed by atoms with Crippen molar-refractivity contribution in [3.63, 3.8) is 0 Å². The van der Waals surface area contributed by atoms with Gasteiger partial charge in [-0.1, -0.05) is 57.9 Å². The van der Waals surface area contributed by atoms with E-state index < -0.39 is 0 Å². The van der Waals surface area contributed by atoms with Gasteiger partial charge in [0.2, 0.25) is 0 Å². The summed E-state index contributed by atoms with van der Waals surface area (Å²) in [6.45, 7) is 11.2. The topological polar surface area (TPSA) is 0 Å². The molecule has 0 aromatic heterocycles. The molecule has 0 bridgehead atoms. The van der Waals surface area contributed by atoms with E-state index in [-0.39, 0.29) is 0 Å². The Bertz CT molecular complexity index is 222. The van der Waals surface area contributed by atoms with Gasteiger partial charge in [-0.15, -0.1) is 0 Å². The maximum atomic E-state index is 4.12. The minimum Gasteiger partial charge on any atom is -0.0958 e. The van der Waals surface area contributed by atoms with Gasteiger partial charge in [-0.25, -0.2) is 0 Å². The van der Waals surface area contributed by atoms with Crippen LogP contribution >= 0.6 is 0 Å². The molecule has 0 unspecified atom stereocenters. The van der Waals surface area contributed by atoms with Crippen LogP contribution in [0, 0.1) is 17.8 Å². The van der Waals surface area contributed by atoms with Crippen LogP contribution in [0.4, 0.5) is 0 Å². The molecule has 0 fully saturated rings. The first-order chi connectivity index (χ1) is 7.09. The standard InChI is InChI=1S/C15H26/c1-12(2)15-10-8-13(3)6-5-7-14(4)9-11-15/h8,10,12,14-15H,3,5-7,9,11H2,1-2,4H3/b10-8+/t14-,15-/m1/s1. The number of hydrogen-bond donors (Lipinski definition) is 0. The molecule has 1 aliphatic carbocycles. The van der Waals surface area contributed by atoms with Gasteiger partial charge in [0.15, 0.2) is 0 Å². The summed E-state index contributed by atoms with van der Waals surface area (Å²) >= 11 is 0. The van der Waals surface area contributed by atoms with Crippen molar-refractivity contribution in [2.75, 3.05) is 0 Å². The van der Waals surface area contributed by atoms with Gasteiger partial charge in [-0.05, 0) is 37.0 Å². The van der Waals surface area contributed by atoms with Gasteiger partial charge in [0.1, 0.15) is 0 Å². The van der Waals surface area contributed by atoms with E-state index in [0.717, 1.165) is 17.8 Å². The Kier molecular flexibility index (Phi) is 5.14. The SMILES string of the molecule is C=C1/C=C/[C@@H](C(C)C)CC[C@H](C)CCC1. The highest BCUT2D eigenvalue weighted by molar-refractivity contribution is 5.15. The molecule has 0 heterocycles. The van der Waals surface area contributed by atoms with Gasteiger partial charge in [-0.3, -0.25) is 0 Å². The van der Waals surface area contributed by atoms with Crippen LogP contribution in [0.2, 0.25) is 0 Å². The molecular formula is C15H26. The van der Waals surface area contributed by atoms with E-state index in [9.17, 15) is 0 Å². The Morgan fingerprint density at radius 1 is 1.27 bits per heavy atom. The second-order valence-electron chi connectivity index (χ2n) is 5.50. The van der Waals surface area contributed by atoms with Gasteiger partial charge >= 0.3 is 0 Å². The molecule has 1 rings (SSSR count). The molecule has 15 heavy (non-hydrogen) atoms. The van der Waals surface area contributed by atoms with Crippen LogP contribution in [-0.4, -0.2) is 0 Å². The molecule has 0 nitrogen and oxygen atoms in total. The van der Waals surface area contributed by atoms with Crippen molar-refractivity contribution in [1.82, 2.24) is 0 Å². The lowest BCUT2D eigenvalue weighted by atomic mass is 9.85. The quantitative estimate of drug-likeness (QED) is 0.568. The fourth-order valence-corrected chi connectivity index (χ4v) is 2.29. The van der Waals surface area contributed by atoms with Crippen molar-refractivity contribution in [3.8, 4) is 0 Å². The molecule has 0 aliphatic heterocycles. The third-order valence-corrected chi connectivity index (χ3v) is 3.62. The predicted molar refractivity (Wildman–Crippen MR) is 68.9 cm³/mol. The van der Waals surface area contributed by atoms with Gasteiger partial charge in [-0.2, -0.15) is 0 Å². The average Bonchev–Trinajstić information content (AvgIpc) is 2.16. The summed E-state index contributed by atoms with van der Waals surface area (Å²) in [7, 11) is 0. The molecule has 0 aromatic carbocycles. The van der Waals surface area contributed by atoms with Crippen molar-refractivity contribution < 1.29 is 0 Å². The molecule has 0 aromatic rings. The van der Waals surface area contributed by atoms with Crippen LogP contribution in [0.1, 0.15) is 52.9 Å². The van der Waals surface area contributed by atoms with Crippen LogP contribution in [0.15, 0.2) is 24.3 Å². The third kappa shape index (κ3) is 4.68.